The lowest BCUT2D eigenvalue weighted by molar-refractivity contribution is 0.562. The van der Waals surface area contributed by atoms with Crippen molar-refractivity contribution in [2.45, 2.75) is 61.5 Å². The van der Waals surface area contributed by atoms with Crippen molar-refractivity contribution in [3.8, 4) is 10.7 Å². The van der Waals surface area contributed by atoms with Gasteiger partial charge in [0.2, 0.25) is 0 Å². The number of thiazole rings is 1. The molecule has 0 saturated carbocycles. The molecule has 3 aromatic heterocycles. The minimum Gasteiger partial charge on any atom is -0.301 e. The number of nitrogens with zero attached hydrogens (tertiary/aromatic N) is 4. The molecular formula is C19H25BrN4O2S4. The van der Waals surface area contributed by atoms with Crippen LogP contribution in [0.5, 0.6) is 0 Å². The first-order chi connectivity index (χ1) is 14.0. The van der Waals surface area contributed by atoms with Crippen LogP contribution in [0.2, 0.25) is 0 Å². The molecule has 0 aliphatic rings. The maximum atomic E-state index is 11.4. The van der Waals surface area contributed by atoms with Crippen molar-refractivity contribution >= 4 is 60.2 Å². The van der Waals surface area contributed by atoms with E-state index in [1.807, 2.05) is 17.5 Å². The molecule has 3 heterocycles. The number of unbranched alkanes of at least 4 members (excludes halogenated alkanes) is 2. The second kappa shape index (κ2) is 9.81. The van der Waals surface area contributed by atoms with Gasteiger partial charge in [0.15, 0.2) is 15.3 Å². The molecule has 30 heavy (non-hydrogen) atoms. The molecule has 0 N–H and O–H groups in total. The third-order valence-electron chi connectivity index (χ3n) is 4.31. The zero-order chi connectivity index (χ0) is 21.9. The van der Waals surface area contributed by atoms with Gasteiger partial charge in [-0.15, -0.1) is 21.5 Å². The van der Waals surface area contributed by atoms with E-state index in [2.05, 4.69) is 51.5 Å². The first-order valence-corrected chi connectivity index (χ1v) is 14.9. The average molecular weight is 550 g/mol. The van der Waals surface area contributed by atoms with Crippen LogP contribution in [0.25, 0.3) is 10.7 Å². The fraction of sp³-hybridized carbons (Fsp3) is 0.526. The molecule has 164 valence electrons. The van der Waals surface area contributed by atoms with Crippen LogP contribution in [0, 0.1) is 0 Å². The molecule has 0 bridgehead atoms. The van der Waals surface area contributed by atoms with Crippen LogP contribution >= 0.6 is 50.4 Å². The topological polar surface area (TPSA) is 77.7 Å². The van der Waals surface area contributed by atoms with E-state index in [9.17, 15) is 8.42 Å². The van der Waals surface area contributed by atoms with Crippen molar-refractivity contribution in [2.24, 2.45) is 0 Å². The zero-order valence-electron chi connectivity index (χ0n) is 17.4. The number of thiophene rings is 1. The van der Waals surface area contributed by atoms with E-state index in [1.54, 1.807) is 22.7 Å². The average Bonchev–Trinajstić information content (AvgIpc) is 3.34. The highest BCUT2D eigenvalue weighted by Gasteiger charge is 2.24. The molecule has 3 aromatic rings. The van der Waals surface area contributed by atoms with Crippen LogP contribution in [0.3, 0.4) is 0 Å². The number of hydrogen-bond donors (Lipinski definition) is 0. The summed E-state index contributed by atoms with van der Waals surface area (Å²) in [4.78, 5) is 5.89. The minimum absolute atomic E-state index is 0.0381. The Hall–Kier alpha value is -0.750. The van der Waals surface area contributed by atoms with E-state index >= 15 is 0 Å². The highest BCUT2D eigenvalue weighted by Crippen LogP contribution is 2.40. The van der Waals surface area contributed by atoms with E-state index in [0.29, 0.717) is 6.42 Å². The lowest BCUT2D eigenvalue weighted by atomic mass is 9.93. The number of sulfone groups is 1. The largest absolute Gasteiger partial charge is 0.301 e. The predicted molar refractivity (Wildman–Crippen MR) is 130 cm³/mol. The normalized spacial score (nSPS) is 12.6. The molecular weight excluding hydrogens is 524 g/mol. The minimum atomic E-state index is -2.91. The monoisotopic (exact) mass is 548 g/mol. The van der Waals surface area contributed by atoms with Crippen LogP contribution in [0.4, 0.5) is 0 Å². The standard InChI is InChI=1S/C19H25BrN4O2S4/c1-19(2,3)14-15(20)28-18(21-14)29-17-23-22-16(13-9-8-11-27-13)24(17)10-6-5-7-12-30(4,25)26/h8-9,11H,5-7,10,12H2,1-4H3. The van der Waals surface area contributed by atoms with Gasteiger partial charge in [-0.05, 0) is 52.0 Å². The Balaban J connectivity index is 1.79. The van der Waals surface area contributed by atoms with Crippen molar-refractivity contribution in [2.75, 3.05) is 12.0 Å². The second-order valence-corrected chi connectivity index (χ2v) is 14.8. The number of halogens is 1. The lowest BCUT2D eigenvalue weighted by Crippen LogP contribution is -2.12. The lowest BCUT2D eigenvalue weighted by Gasteiger charge is -2.15. The van der Waals surface area contributed by atoms with Gasteiger partial charge in [-0.3, -0.25) is 0 Å². The molecule has 0 atom stereocenters. The molecule has 0 fully saturated rings. The summed E-state index contributed by atoms with van der Waals surface area (Å²) in [6.07, 6.45) is 3.67. The fourth-order valence-corrected chi connectivity index (χ4v) is 7.78. The molecule has 0 aliphatic carbocycles. The van der Waals surface area contributed by atoms with Crippen molar-refractivity contribution in [1.82, 2.24) is 19.7 Å². The fourth-order valence-electron chi connectivity index (χ4n) is 2.83. The summed E-state index contributed by atoms with van der Waals surface area (Å²) in [5.74, 6) is 1.08. The van der Waals surface area contributed by atoms with Gasteiger partial charge in [0.05, 0.1) is 14.4 Å². The molecule has 11 heteroatoms. The van der Waals surface area contributed by atoms with E-state index in [-0.39, 0.29) is 11.2 Å². The third kappa shape index (κ3) is 6.38. The Kier molecular flexibility index (Phi) is 7.81. The molecule has 0 radical (unpaired) electrons. The third-order valence-corrected chi connectivity index (χ3v) is 8.96. The zero-order valence-corrected chi connectivity index (χ0v) is 22.2. The molecule has 3 rings (SSSR count). The van der Waals surface area contributed by atoms with Gasteiger partial charge < -0.3 is 4.57 Å². The number of aromatic nitrogens is 4. The van der Waals surface area contributed by atoms with Gasteiger partial charge in [0.25, 0.3) is 0 Å². The summed E-state index contributed by atoms with van der Waals surface area (Å²) in [7, 11) is -2.91. The molecule has 0 unspecified atom stereocenters. The maximum absolute atomic E-state index is 11.4. The van der Waals surface area contributed by atoms with E-state index < -0.39 is 9.84 Å². The van der Waals surface area contributed by atoms with Gasteiger partial charge in [-0.1, -0.05) is 44.6 Å². The summed E-state index contributed by atoms with van der Waals surface area (Å²) in [6.45, 7) is 7.19. The Morgan fingerprint density at radius 3 is 2.57 bits per heavy atom. The van der Waals surface area contributed by atoms with Crippen molar-refractivity contribution < 1.29 is 8.42 Å². The van der Waals surface area contributed by atoms with Crippen LogP contribution < -0.4 is 0 Å². The van der Waals surface area contributed by atoms with Crippen LogP contribution in [-0.2, 0) is 21.8 Å². The van der Waals surface area contributed by atoms with E-state index in [1.165, 1.54) is 18.0 Å². The number of rotatable bonds is 9. The van der Waals surface area contributed by atoms with Crippen molar-refractivity contribution in [1.29, 1.82) is 0 Å². The molecule has 0 aromatic carbocycles. The summed E-state index contributed by atoms with van der Waals surface area (Å²) in [6, 6.07) is 4.05. The Bertz CT molecular complexity index is 1080. The summed E-state index contributed by atoms with van der Waals surface area (Å²) >= 11 is 8.42. The van der Waals surface area contributed by atoms with Gasteiger partial charge in [0, 0.05) is 24.0 Å². The molecule has 0 aliphatic heterocycles. The van der Waals surface area contributed by atoms with Gasteiger partial charge in [-0.2, -0.15) is 0 Å². The van der Waals surface area contributed by atoms with Crippen molar-refractivity contribution in [3.63, 3.8) is 0 Å². The van der Waals surface area contributed by atoms with E-state index in [4.69, 9.17) is 4.98 Å². The summed E-state index contributed by atoms with van der Waals surface area (Å²) < 4.78 is 26.8. The Morgan fingerprint density at radius 1 is 1.20 bits per heavy atom. The highest BCUT2D eigenvalue weighted by molar-refractivity contribution is 9.11. The first-order valence-electron chi connectivity index (χ1n) is 9.54. The predicted octanol–water partition coefficient (Wildman–Crippen LogP) is 5.89. The SMILES string of the molecule is CC(C)(C)c1nc(Sc2nnc(-c3cccs3)n2CCCCCS(C)(=O)=O)sc1Br. The summed E-state index contributed by atoms with van der Waals surface area (Å²) in [5, 5.41) is 11.7. The maximum Gasteiger partial charge on any atom is 0.198 e. The molecule has 6 nitrogen and oxygen atoms in total. The molecule has 0 saturated heterocycles. The highest BCUT2D eigenvalue weighted by atomic mass is 79.9. The quantitative estimate of drug-likeness (QED) is 0.310. The van der Waals surface area contributed by atoms with Crippen LogP contribution in [-0.4, -0.2) is 40.2 Å². The number of hydrogen-bond acceptors (Lipinski definition) is 8. The van der Waals surface area contributed by atoms with Gasteiger partial charge >= 0.3 is 0 Å². The molecule has 0 amide bonds. The Labute approximate surface area is 198 Å². The van der Waals surface area contributed by atoms with Crippen LogP contribution in [0.15, 0.2) is 30.8 Å². The Morgan fingerprint density at radius 2 is 1.97 bits per heavy atom. The van der Waals surface area contributed by atoms with Crippen molar-refractivity contribution in [3.05, 3.63) is 27.0 Å². The summed E-state index contributed by atoms with van der Waals surface area (Å²) in [5.41, 5.74) is 1.00. The van der Waals surface area contributed by atoms with Gasteiger partial charge in [0.1, 0.15) is 9.84 Å². The molecule has 0 spiro atoms. The second-order valence-electron chi connectivity index (χ2n) is 8.08. The smallest absolute Gasteiger partial charge is 0.198 e. The van der Waals surface area contributed by atoms with Gasteiger partial charge in [-0.25, -0.2) is 13.4 Å². The van der Waals surface area contributed by atoms with Crippen LogP contribution in [0.1, 0.15) is 45.7 Å². The first kappa shape index (κ1) is 23.9. The van der Waals surface area contributed by atoms with E-state index in [0.717, 1.165) is 49.1 Å².